The van der Waals surface area contributed by atoms with Gasteiger partial charge in [0.05, 0.1) is 15.6 Å². The molecular formula is C15H13N3OS5. The van der Waals surface area contributed by atoms with E-state index < -0.39 is 0 Å². The molecule has 0 aromatic carbocycles. The van der Waals surface area contributed by atoms with Crippen molar-refractivity contribution in [2.45, 2.75) is 23.1 Å². The third-order valence-corrected chi connectivity index (χ3v) is 10.5. The monoisotopic (exact) mass is 411 g/mol. The summed E-state index contributed by atoms with van der Waals surface area (Å²) < 4.78 is 5.50. The molecule has 0 saturated carbocycles. The van der Waals surface area contributed by atoms with Crippen LogP contribution in [0.25, 0.3) is 0 Å². The first-order valence-electron chi connectivity index (χ1n) is 7.64. The van der Waals surface area contributed by atoms with E-state index in [1.54, 1.807) is 44.2 Å². The van der Waals surface area contributed by atoms with Gasteiger partial charge in [-0.1, -0.05) is 56.4 Å². The van der Waals surface area contributed by atoms with Crippen molar-refractivity contribution >= 4 is 68.0 Å². The number of anilines is 1. The van der Waals surface area contributed by atoms with Crippen LogP contribution < -0.4 is 4.90 Å². The molecule has 5 heterocycles. The average Bonchev–Trinajstić information content (AvgIpc) is 3.20. The van der Waals surface area contributed by atoms with Crippen LogP contribution in [-0.4, -0.2) is 28.5 Å². The molecule has 2 aromatic heterocycles. The minimum atomic E-state index is 0.0827. The number of aromatic nitrogens is 1. The molecule has 1 atom stereocenters. The lowest BCUT2D eigenvalue weighted by Crippen LogP contribution is -2.47. The molecule has 1 unspecified atom stereocenters. The quantitative estimate of drug-likeness (QED) is 0.500. The number of carbonyl (C=O) groups is 1. The molecule has 0 radical (unpaired) electrons. The predicted molar refractivity (Wildman–Crippen MR) is 105 cm³/mol. The molecule has 0 bridgehead atoms. The van der Waals surface area contributed by atoms with Gasteiger partial charge in [0, 0.05) is 25.8 Å². The largest absolute Gasteiger partial charge is 0.347 e. The highest BCUT2D eigenvalue weighted by Crippen LogP contribution is 2.58. The van der Waals surface area contributed by atoms with Gasteiger partial charge in [0.15, 0.2) is 0 Å². The first-order valence-corrected chi connectivity index (χ1v) is 11.9. The van der Waals surface area contributed by atoms with Crippen molar-refractivity contribution in [3.8, 4) is 0 Å². The summed E-state index contributed by atoms with van der Waals surface area (Å²) >= 11 is 9.05. The molecule has 3 aliphatic rings. The normalized spacial score (nSPS) is 22.2. The van der Waals surface area contributed by atoms with Crippen molar-refractivity contribution in [2.75, 3.05) is 18.0 Å². The van der Waals surface area contributed by atoms with E-state index in [0.717, 1.165) is 39.1 Å². The highest BCUT2D eigenvalue weighted by atomic mass is 32.9. The Bertz CT molecular complexity index is 939. The van der Waals surface area contributed by atoms with E-state index in [2.05, 4.69) is 34.7 Å². The van der Waals surface area contributed by atoms with Crippen molar-refractivity contribution < 1.29 is 4.79 Å². The predicted octanol–water partition coefficient (Wildman–Crippen LogP) is 4.73. The van der Waals surface area contributed by atoms with E-state index in [1.165, 1.54) is 9.90 Å². The summed E-state index contributed by atoms with van der Waals surface area (Å²) in [4.78, 5) is 17.5. The summed E-state index contributed by atoms with van der Waals surface area (Å²) in [5.41, 5.74) is 3.12. The summed E-state index contributed by atoms with van der Waals surface area (Å²) in [6.07, 6.45) is 2.11. The lowest BCUT2D eigenvalue weighted by Gasteiger charge is -2.44. The molecule has 0 saturated heterocycles. The molecule has 9 heteroatoms. The van der Waals surface area contributed by atoms with Crippen molar-refractivity contribution in [1.82, 2.24) is 9.47 Å². The topological polar surface area (TPSA) is 28.5 Å². The van der Waals surface area contributed by atoms with E-state index in [0.29, 0.717) is 0 Å². The number of fused-ring (bicyclic) bond motifs is 4. The van der Waals surface area contributed by atoms with Crippen molar-refractivity contribution in [1.29, 1.82) is 0 Å². The Morgan fingerprint density at radius 3 is 3.04 bits per heavy atom. The van der Waals surface area contributed by atoms with Crippen LogP contribution in [0.4, 0.5) is 5.69 Å². The summed E-state index contributed by atoms with van der Waals surface area (Å²) in [5, 5.41) is 0.0827. The fourth-order valence-corrected chi connectivity index (χ4v) is 9.65. The molecular weight excluding hydrogens is 399 g/mol. The minimum Gasteiger partial charge on any atom is -0.347 e. The Balaban J connectivity index is 1.64. The molecule has 0 N–H and O–H groups in total. The molecule has 3 aliphatic heterocycles. The van der Waals surface area contributed by atoms with Crippen LogP contribution >= 0.6 is 56.4 Å². The second kappa shape index (κ2) is 5.63. The van der Waals surface area contributed by atoms with Crippen LogP contribution in [-0.2, 0) is 11.3 Å². The maximum atomic E-state index is 13.3. The molecule has 0 fully saturated rings. The molecule has 0 aliphatic carbocycles. The van der Waals surface area contributed by atoms with Crippen molar-refractivity contribution in [2.24, 2.45) is 0 Å². The van der Waals surface area contributed by atoms with E-state index in [-0.39, 0.29) is 11.3 Å². The zero-order chi connectivity index (χ0) is 16.4. The Morgan fingerprint density at radius 1 is 1.33 bits per heavy atom. The van der Waals surface area contributed by atoms with Crippen LogP contribution in [0.15, 0.2) is 32.5 Å². The van der Waals surface area contributed by atoms with Gasteiger partial charge in [-0.2, -0.15) is 0 Å². The molecule has 4 nitrogen and oxygen atoms in total. The Hall–Kier alpha value is -0.740. The smallest absolute Gasteiger partial charge is 0.273 e. The maximum Gasteiger partial charge on any atom is 0.273 e. The molecule has 2 aromatic rings. The number of carbonyl (C=O) groups excluding carboxylic acids is 1. The molecule has 1 amide bonds. The van der Waals surface area contributed by atoms with Crippen LogP contribution in [0.1, 0.15) is 18.0 Å². The number of amides is 1. The van der Waals surface area contributed by atoms with Crippen molar-refractivity contribution in [3.05, 3.63) is 37.8 Å². The lowest BCUT2D eigenvalue weighted by atomic mass is 10.2. The highest BCUT2D eigenvalue weighted by Gasteiger charge is 2.44. The lowest BCUT2D eigenvalue weighted by molar-refractivity contribution is -0.129. The van der Waals surface area contributed by atoms with Gasteiger partial charge in [-0.3, -0.25) is 4.79 Å². The van der Waals surface area contributed by atoms with Gasteiger partial charge in [0.25, 0.3) is 5.91 Å². The SMILES string of the molecule is CCN1C2=C(Sc3ssc(=S)c31)SC1c3cccn3CCN1C2=O. The number of rotatable bonds is 1. The van der Waals surface area contributed by atoms with Gasteiger partial charge >= 0.3 is 0 Å². The Morgan fingerprint density at radius 2 is 2.21 bits per heavy atom. The van der Waals surface area contributed by atoms with Crippen LogP contribution in [0.5, 0.6) is 0 Å². The molecule has 0 spiro atoms. The summed E-state index contributed by atoms with van der Waals surface area (Å²) in [6.45, 7) is 4.48. The zero-order valence-electron chi connectivity index (χ0n) is 12.7. The molecule has 24 heavy (non-hydrogen) atoms. The fraction of sp³-hybridized carbons (Fsp3) is 0.333. The summed E-state index contributed by atoms with van der Waals surface area (Å²) in [5.74, 6) is 0.145. The first-order chi connectivity index (χ1) is 11.7. The van der Waals surface area contributed by atoms with Gasteiger partial charge in [-0.25, -0.2) is 0 Å². The fourth-order valence-electron chi connectivity index (χ4n) is 3.39. The molecule has 5 rings (SSSR count). The highest BCUT2D eigenvalue weighted by molar-refractivity contribution is 8.23. The van der Waals surface area contributed by atoms with Gasteiger partial charge in [-0.05, 0) is 19.1 Å². The standard InChI is InChI=1S/C15H13N3OS5/c1-2-17-9-11(19)18-7-6-16-5-3-4-8(16)12(18)21-14(9)22-15-10(17)13(20)23-24-15/h3-5,12H,2,6-7H2,1H3. The average molecular weight is 412 g/mol. The zero-order valence-corrected chi connectivity index (χ0v) is 16.8. The number of likely N-dealkylation sites (N-methyl/N-ethyl adjacent to an activating group) is 1. The second-order valence-corrected chi connectivity index (χ2v) is 11.1. The second-order valence-electron chi connectivity index (χ2n) is 5.67. The van der Waals surface area contributed by atoms with Gasteiger partial charge in [0.2, 0.25) is 0 Å². The van der Waals surface area contributed by atoms with Crippen LogP contribution in [0, 0.1) is 3.82 Å². The van der Waals surface area contributed by atoms with Gasteiger partial charge in [0.1, 0.15) is 19.1 Å². The Labute approximate surface area is 160 Å². The van der Waals surface area contributed by atoms with E-state index >= 15 is 0 Å². The third-order valence-electron chi connectivity index (χ3n) is 4.48. The van der Waals surface area contributed by atoms with Gasteiger partial charge in [-0.15, -0.1) is 0 Å². The van der Waals surface area contributed by atoms with Crippen molar-refractivity contribution in [3.63, 3.8) is 0 Å². The first kappa shape index (κ1) is 15.5. The number of nitrogens with zero attached hydrogens (tertiary/aromatic N) is 3. The third kappa shape index (κ3) is 2.05. The maximum absolute atomic E-state index is 13.3. The number of thioether (sulfide) groups is 2. The summed E-state index contributed by atoms with van der Waals surface area (Å²) in [7, 11) is 3.36. The van der Waals surface area contributed by atoms with E-state index in [9.17, 15) is 4.79 Å². The van der Waals surface area contributed by atoms with Crippen LogP contribution in [0.2, 0.25) is 0 Å². The summed E-state index contributed by atoms with van der Waals surface area (Å²) in [6, 6.07) is 4.20. The number of hydrogen-bond donors (Lipinski definition) is 0. The molecule has 124 valence electrons. The number of hydrogen-bond acceptors (Lipinski definition) is 7. The van der Waals surface area contributed by atoms with E-state index in [4.69, 9.17) is 12.2 Å². The van der Waals surface area contributed by atoms with E-state index in [1.807, 2.05) is 4.90 Å². The Kier molecular flexibility index (Phi) is 3.64. The van der Waals surface area contributed by atoms with Crippen LogP contribution in [0.3, 0.4) is 0 Å². The van der Waals surface area contributed by atoms with Gasteiger partial charge < -0.3 is 14.4 Å². The minimum absolute atomic E-state index is 0.0827.